The van der Waals surface area contributed by atoms with E-state index in [1.165, 1.54) is 18.7 Å². The minimum atomic E-state index is -0.0886. The lowest BCUT2D eigenvalue weighted by molar-refractivity contribution is -0.118. The molecule has 0 aromatic heterocycles. The zero-order valence-corrected chi connectivity index (χ0v) is 11.5. The fraction of sp³-hybridized carbons (Fsp3) is 0.385. The molecule has 0 heterocycles. The molecule has 2 N–H and O–H groups in total. The van der Waals surface area contributed by atoms with Crippen LogP contribution in [0.2, 0.25) is 0 Å². The highest BCUT2D eigenvalue weighted by atomic mass is 32.2. The summed E-state index contributed by atoms with van der Waals surface area (Å²) in [5.41, 5.74) is 0.766. The molecule has 0 unspecified atom stereocenters. The largest absolute Gasteiger partial charge is 0.355 e. The number of anilines is 1. The van der Waals surface area contributed by atoms with Crippen molar-refractivity contribution in [2.45, 2.75) is 25.2 Å². The number of thioether (sulfide) groups is 1. The lowest BCUT2D eigenvalue weighted by Gasteiger charge is -2.05. The SMILES string of the molecule is CCCNC(=O)CSc1ccc(NC(C)=O)cc1. The molecule has 98 valence electrons. The second-order valence-corrected chi connectivity index (χ2v) is 4.89. The highest BCUT2D eigenvalue weighted by Crippen LogP contribution is 2.19. The highest BCUT2D eigenvalue weighted by Gasteiger charge is 2.02. The number of hydrogen-bond acceptors (Lipinski definition) is 3. The molecule has 0 aliphatic carbocycles. The van der Waals surface area contributed by atoms with E-state index >= 15 is 0 Å². The fourth-order valence-electron chi connectivity index (χ4n) is 1.30. The quantitative estimate of drug-likeness (QED) is 0.777. The Morgan fingerprint density at radius 1 is 1.22 bits per heavy atom. The molecule has 0 saturated heterocycles. The molecule has 0 aliphatic heterocycles. The summed E-state index contributed by atoms with van der Waals surface area (Å²) in [7, 11) is 0. The van der Waals surface area contributed by atoms with Gasteiger partial charge in [-0.1, -0.05) is 6.92 Å². The molecule has 0 bridgehead atoms. The minimum absolute atomic E-state index is 0.0489. The summed E-state index contributed by atoms with van der Waals surface area (Å²) in [4.78, 5) is 23.3. The number of hydrogen-bond donors (Lipinski definition) is 2. The summed E-state index contributed by atoms with van der Waals surface area (Å²) >= 11 is 1.48. The van der Waals surface area contributed by atoms with Crippen molar-refractivity contribution < 1.29 is 9.59 Å². The van der Waals surface area contributed by atoms with Gasteiger partial charge in [0.05, 0.1) is 5.75 Å². The molecular formula is C13H18N2O2S. The summed E-state index contributed by atoms with van der Waals surface area (Å²) < 4.78 is 0. The standard InChI is InChI=1S/C13H18N2O2S/c1-3-8-14-13(17)9-18-12-6-4-11(5-7-12)15-10(2)16/h4-7H,3,8-9H2,1-2H3,(H,14,17)(H,15,16). The average molecular weight is 266 g/mol. The maximum atomic E-state index is 11.4. The predicted molar refractivity (Wildman–Crippen MR) is 74.8 cm³/mol. The third kappa shape index (κ3) is 5.72. The van der Waals surface area contributed by atoms with Crippen LogP contribution >= 0.6 is 11.8 Å². The zero-order valence-electron chi connectivity index (χ0n) is 10.7. The van der Waals surface area contributed by atoms with E-state index in [-0.39, 0.29) is 11.8 Å². The average Bonchev–Trinajstić information content (AvgIpc) is 2.35. The Morgan fingerprint density at radius 3 is 2.44 bits per heavy atom. The monoisotopic (exact) mass is 266 g/mol. The third-order valence-electron chi connectivity index (χ3n) is 2.12. The van der Waals surface area contributed by atoms with Gasteiger partial charge in [-0.15, -0.1) is 11.8 Å². The van der Waals surface area contributed by atoms with Crippen LogP contribution in [-0.4, -0.2) is 24.1 Å². The van der Waals surface area contributed by atoms with Crippen molar-refractivity contribution in [1.29, 1.82) is 0 Å². The lowest BCUT2D eigenvalue weighted by atomic mass is 10.3. The van der Waals surface area contributed by atoms with Crippen LogP contribution in [0.25, 0.3) is 0 Å². The van der Waals surface area contributed by atoms with E-state index in [2.05, 4.69) is 10.6 Å². The van der Waals surface area contributed by atoms with Crippen molar-refractivity contribution in [2.75, 3.05) is 17.6 Å². The van der Waals surface area contributed by atoms with E-state index in [0.29, 0.717) is 5.75 Å². The molecule has 0 saturated carbocycles. The number of carbonyl (C=O) groups is 2. The maximum Gasteiger partial charge on any atom is 0.230 e. The van der Waals surface area contributed by atoms with E-state index in [0.717, 1.165) is 23.5 Å². The predicted octanol–water partition coefficient (Wildman–Crippen LogP) is 2.26. The van der Waals surface area contributed by atoms with Crippen LogP contribution in [0.15, 0.2) is 29.2 Å². The lowest BCUT2D eigenvalue weighted by Crippen LogP contribution is -2.25. The second-order valence-electron chi connectivity index (χ2n) is 3.84. The van der Waals surface area contributed by atoms with Crippen molar-refractivity contribution in [3.8, 4) is 0 Å². The van der Waals surface area contributed by atoms with Gasteiger partial charge in [-0.25, -0.2) is 0 Å². The molecule has 0 atom stereocenters. The Morgan fingerprint density at radius 2 is 1.89 bits per heavy atom. The molecule has 2 amide bonds. The van der Waals surface area contributed by atoms with Gasteiger partial charge in [-0.2, -0.15) is 0 Å². The third-order valence-corrected chi connectivity index (χ3v) is 3.13. The number of amides is 2. The number of carbonyl (C=O) groups excluding carboxylic acids is 2. The van der Waals surface area contributed by atoms with Gasteiger partial charge >= 0.3 is 0 Å². The fourth-order valence-corrected chi connectivity index (χ4v) is 2.03. The molecule has 1 aromatic carbocycles. The Bertz CT molecular complexity index is 404. The topological polar surface area (TPSA) is 58.2 Å². The molecule has 1 rings (SSSR count). The summed E-state index contributed by atoms with van der Waals surface area (Å²) in [6, 6.07) is 7.44. The first-order valence-corrected chi connectivity index (χ1v) is 6.87. The van der Waals surface area contributed by atoms with Gasteiger partial charge in [0, 0.05) is 24.1 Å². The zero-order chi connectivity index (χ0) is 13.4. The van der Waals surface area contributed by atoms with E-state index < -0.39 is 0 Å². The Hall–Kier alpha value is -1.49. The normalized spacial score (nSPS) is 9.89. The summed E-state index contributed by atoms with van der Waals surface area (Å²) in [6.45, 7) is 4.22. The van der Waals surface area contributed by atoms with E-state index in [1.54, 1.807) is 0 Å². The highest BCUT2D eigenvalue weighted by molar-refractivity contribution is 8.00. The van der Waals surface area contributed by atoms with Gasteiger partial charge in [0.2, 0.25) is 11.8 Å². The maximum absolute atomic E-state index is 11.4. The van der Waals surface area contributed by atoms with Crippen LogP contribution in [0.5, 0.6) is 0 Å². The molecule has 0 radical (unpaired) electrons. The van der Waals surface area contributed by atoms with Crippen LogP contribution in [0.1, 0.15) is 20.3 Å². The molecule has 0 spiro atoms. The Balaban J connectivity index is 2.39. The first-order valence-electron chi connectivity index (χ1n) is 5.89. The van der Waals surface area contributed by atoms with Gasteiger partial charge < -0.3 is 10.6 Å². The van der Waals surface area contributed by atoms with Crippen molar-refractivity contribution in [3.63, 3.8) is 0 Å². The van der Waals surface area contributed by atoms with Crippen LogP contribution in [0.4, 0.5) is 5.69 Å². The van der Waals surface area contributed by atoms with Crippen LogP contribution in [0.3, 0.4) is 0 Å². The van der Waals surface area contributed by atoms with E-state index in [1.807, 2.05) is 31.2 Å². The number of nitrogens with one attached hydrogen (secondary N) is 2. The molecule has 0 fully saturated rings. The van der Waals surface area contributed by atoms with Crippen LogP contribution in [-0.2, 0) is 9.59 Å². The summed E-state index contributed by atoms with van der Waals surface area (Å²) in [5.74, 6) is 0.376. The second kappa shape index (κ2) is 7.76. The molecular weight excluding hydrogens is 248 g/mol. The Labute approximate surface area is 112 Å². The Kier molecular flexibility index (Phi) is 6.28. The van der Waals surface area contributed by atoms with Crippen LogP contribution in [0, 0.1) is 0 Å². The first-order chi connectivity index (χ1) is 8.61. The van der Waals surface area contributed by atoms with E-state index in [9.17, 15) is 9.59 Å². The van der Waals surface area contributed by atoms with E-state index in [4.69, 9.17) is 0 Å². The molecule has 0 aliphatic rings. The molecule has 18 heavy (non-hydrogen) atoms. The summed E-state index contributed by atoms with van der Waals surface area (Å²) in [5, 5.41) is 5.52. The van der Waals surface area contributed by atoms with Crippen molar-refractivity contribution in [1.82, 2.24) is 5.32 Å². The molecule has 1 aromatic rings. The van der Waals surface area contributed by atoms with Gasteiger partial charge in [0.1, 0.15) is 0 Å². The molecule has 4 nitrogen and oxygen atoms in total. The van der Waals surface area contributed by atoms with Gasteiger partial charge in [0.25, 0.3) is 0 Å². The number of rotatable bonds is 6. The van der Waals surface area contributed by atoms with Gasteiger partial charge in [-0.3, -0.25) is 9.59 Å². The molecule has 5 heteroatoms. The van der Waals surface area contributed by atoms with Gasteiger partial charge in [-0.05, 0) is 30.7 Å². The van der Waals surface area contributed by atoms with Crippen molar-refractivity contribution in [2.24, 2.45) is 0 Å². The van der Waals surface area contributed by atoms with Crippen molar-refractivity contribution in [3.05, 3.63) is 24.3 Å². The van der Waals surface area contributed by atoms with Crippen molar-refractivity contribution >= 4 is 29.3 Å². The smallest absolute Gasteiger partial charge is 0.230 e. The minimum Gasteiger partial charge on any atom is -0.355 e. The first kappa shape index (κ1) is 14.6. The summed E-state index contributed by atoms with van der Waals surface area (Å²) in [6.07, 6.45) is 0.946. The van der Waals surface area contributed by atoms with Gasteiger partial charge in [0.15, 0.2) is 0 Å². The van der Waals surface area contributed by atoms with Crippen LogP contribution < -0.4 is 10.6 Å². The number of benzene rings is 1.